The zero-order chi connectivity index (χ0) is 22.6. The van der Waals surface area contributed by atoms with Gasteiger partial charge in [-0.1, -0.05) is 12.1 Å². The van der Waals surface area contributed by atoms with Crippen molar-refractivity contribution in [1.82, 2.24) is 4.57 Å². The summed E-state index contributed by atoms with van der Waals surface area (Å²) in [6.07, 6.45) is 3.25. The van der Waals surface area contributed by atoms with E-state index in [1.807, 2.05) is 25.1 Å². The topological polar surface area (TPSA) is 68.5 Å². The highest BCUT2D eigenvalue weighted by Gasteiger charge is 2.35. The standard InChI is InChI=1S/C25H23FN2O3S/c1-15-21-12-24(29)28(2)13-23(21)22-11-16(14-32(30,31)19-8-9-19)3-10-20(22)25(27-15)17-4-6-18(26)7-5-17/h3-7,10-13,15,19H,8-9,14H2,1-2H3/t15-/m0/s1. The minimum Gasteiger partial charge on any atom is -0.318 e. The summed E-state index contributed by atoms with van der Waals surface area (Å²) in [5, 5.41) is -0.231. The van der Waals surface area contributed by atoms with Gasteiger partial charge in [-0.15, -0.1) is 0 Å². The predicted molar refractivity (Wildman–Crippen MR) is 123 cm³/mol. The molecule has 1 aliphatic heterocycles. The van der Waals surface area contributed by atoms with Crippen LogP contribution in [0.15, 0.2) is 64.5 Å². The zero-order valence-electron chi connectivity index (χ0n) is 17.9. The van der Waals surface area contributed by atoms with Gasteiger partial charge in [0.05, 0.1) is 22.8 Å². The second-order valence-electron chi connectivity index (χ2n) is 8.64. The smallest absolute Gasteiger partial charge is 0.250 e. The lowest BCUT2D eigenvalue weighted by molar-refractivity contribution is 0.594. The van der Waals surface area contributed by atoms with Crippen LogP contribution in [0.1, 0.15) is 48.1 Å². The number of aliphatic imine (C=N–C) groups is 1. The molecule has 1 atom stereocenters. The molecule has 2 aliphatic rings. The van der Waals surface area contributed by atoms with E-state index in [1.165, 1.54) is 16.7 Å². The molecule has 5 rings (SSSR count). The Bertz CT molecular complexity index is 1420. The Morgan fingerprint density at radius 3 is 2.44 bits per heavy atom. The number of pyridine rings is 1. The molecule has 0 radical (unpaired) electrons. The van der Waals surface area contributed by atoms with Crippen LogP contribution in [-0.2, 0) is 22.6 Å². The van der Waals surface area contributed by atoms with Gasteiger partial charge in [0.15, 0.2) is 9.84 Å². The Labute approximate surface area is 186 Å². The highest BCUT2D eigenvalue weighted by atomic mass is 32.2. The van der Waals surface area contributed by atoms with Crippen molar-refractivity contribution in [2.75, 3.05) is 0 Å². The number of benzene rings is 2. The molecule has 7 heteroatoms. The average molecular weight is 451 g/mol. The summed E-state index contributed by atoms with van der Waals surface area (Å²) in [6, 6.07) is 13.1. The molecule has 164 valence electrons. The lowest BCUT2D eigenvalue weighted by Crippen LogP contribution is -2.17. The van der Waals surface area contributed by atoms with Gasteiger partial charge >= 0.3 is 0 Å². The molecule has 0 bridgehead atoms. The van der Waals surface area contributed by atoms with E-state index in [1.54, 1.807) is 31.4 Å². The van der Waals surface area contributed by atoms with Gasteiger partial charge in [-0.3, -0.25) is 9.79 Å². The Kier molecular flexibility index (Phi) is 4.89. The molecule has 3 aromatic rings. The fraction of sp³-hybridized carbons (Fsp3) is 0.280. The number of hydrogen-bond donors (Lipinski definition) is 0. The molecule has 0 unspecified atom stereocenters. The molecule has 0 spiro atoms. The summed E-state index contributed by atoms with van der Waals surface area (Å²) < 4.78 is 40.3. The van der Waals surface area contributed by atoms with Gasteiger partial charge in [0.2, 0.25) is 0 Å². The first-order chi connectivity index (χ1) is 15.2. The molecular formula is C25H23FN2O3S. The SMILES string of the molecule is C[C@@H]1N=C(c2ccc(F)cc2)c2ccc(CS(=O)(=O)C3CC3)cc2-c2cn(C)c(=O)cc21. The normalized spacial score (nSPS) is 17.8. The van der Waals surface area contributed by atoms with Crippen LogP contribution in [-0.4, -0.2) is 23.9 Å². The largest absolute Gasteiger partial charge is 0.318 e. The van der Waals surface area contributed by atoms with E-state index in [2.05, 4.69) is 0 Å². The van der Waals surface area contributed by atoms with Crippen LogP contribution >= 0.6 is 0 Å². The van der Waals surface area contributed by atoms with Crippen molar-refractivity contribution in [3.05, 3.63) is 93.2 Å². The molecule has 0 saturated heterocycles. The summed E-state index contributed by atoms with van der Waals surface area (Å²) in [6.45, 7) is 1.92. The Balaban J connectivity index is 1.73. The molecule has 1 aliphatic carbocycles. The first-order valence-electron chi connectivity index (χ1n) is 10.6. The number of fused-ring (bicyclic) bond motifs is 3. The van der Waals surface area contributed by atoms with Gasteiger partial charge in [0.1, 0.15) is 5.82 Å². The summed E-state index contributed by atoms with van der Waals surface area (Å²) in [7, 11) is -1.48. The number of aryl methyl sites for hydroxylation is 1. The van der Waals surface area contributed by atoms with E-state index >= 15 is 0 Å². The molecule has 0 amide bonds. The van der Waals surface area contributed by atoms with E-state index in [-0.39, 0.29) is 28.4 Å². The average Bonchev–Trinajstić information content (AvgIpc) is 3.60. The number of aromatic nitrogens is 1. The van der Waals surface area contributed by atoms with Crippen LogP contribution in [0, 0.1) is 5.82 Å². The van der Waals surface area contributed by atoms with Gasteiger partial charge in [0.25, 0.3) is 5.56 Å². The number of sulfone groups is 1. The van der Waals surface area contributed by atoms with Gasteiger partial charge < -0.3 is 4.57 Å². The lowest BCUT2D eigenvalue weighted by atomic mass is 9.91. The summed E-state index contributed by atoms with van der Waals surface area (Å²) in [4.78, 5) is 17.3. The predicted octanol–water partition coefficient (Wildman–Crippen LogP) is 4.18. The van der Waals surface area contributed by atoms with E-state index in [0.29, 0.717) is 11.3 Å². The minimum atomic E-state index is -3.18. The Morgan fingerprint density at radius 1 is 1.03 bits per heavy atom. The first-order valence-corrected chi connectivity index (χ1v) is 12.3. The maximum Gasteiger partial charge on any atom is 0.250 e. The van der Waals surface area contributed by atoms with Gasteiger partial charge in [0, 0.05) is 36.0 Å². The maximum absolute atomic E-state index is 13.6. The number of hydrogen-bond acceptors (Lipinski definition) is 4. The van der Waals surface area contributed by atoms with Crippen LogP contribution in [0.5, 0.6) is 0 Å². The van der Waals surface area contributed by atoms with Crippen LogP contribution in [0.4, 0.5) is 4.39 Å². The summed E-state index contributed by atoms with van der Waals surface area (Å²) >= 11 is 0. The van der Waals surface area contributed by atoms with Crippen molar-refractivity contribution in [2.24, 2.45) is 12.0 Å². The molecule has 1 aromatic heterocycles. The van der Waals surface area contributed by atoms with Crippen molar-refractivity contribution in [3.8, 4) is 11.1 Å². The van der Waals surface area contributed by atoms with E-state index in [4.69, 9.17) is 4.99 Å². The molecule has 0 N–H and O–H groups in total. The van der Waals surface area contributed by atoms with Crippen molar-refractivity contribution >= 4 is 15.5 Å². The van der Waals surface area contributed by atoms with Gasteiger partial charge in [-0.05, 0) is 66.8 Å². The van der Waals surface area contributed by atoms with Crippen LogP contribution < -0.4 is 5.56 Å². The second kappa shape index (κ2) is 7.52. The molecule has 5 nitrogen and oxygen atoms in total. The molecule has 1 saturated carbocycles. The Hall–Kier alpha value is -3.06. The third-order valence-corrected chi connectivity index (χ3v) is 8.40. The highest BCUT2D eigenvalue weighted by Crippen LogP contribution is 2.38. The number of rotatable bonds is 4. The molecule has 2 aromatic carbocycles. The van der Waals surface area contributed by atoms with E-state index < -0.39 is 9.84 Å². The first kappa shape index (κ1) is 20.8. The van der Waals surface area contributed by atoms with Gasteiger partial charge in [-0.2, -0.15) is 0 Å². The van der Waals surface area contributed by atoms with Crippen molar-refractivity contribution in [1.29, 1.82) is 0 Å². The van der Waals surface area contributed by atoms with Crippen LogP contribution in [0.3, 0.4) is 0 Å². The summed E-state index contributed by atoms with van der Waals surface area (Å²) in [5.74, 6) is -0.340. The fourth-order valence-corrected chi connectivity index (χ4v) is 6.01. The quantitative estimate of drug-likeness (QED) is 0.599. The van der Waals surface area contributed by atoms with Crippen LogP contribution in [0.25, 0.3) is 11.1 Å². The maximum atomic E-state index is 13.6. The zero-order valence-corrected chi connectivity index (χ0v) is 18.7. The lowest BCUT2D eigenvalue weighted by Gasteiger charge is -2.15. The van der Waals surface area contributed by atoms with Crippen LogP contribution in [0.2, 0.25) is 0 Å². The summed E-state index contributed by atoms with van der Waals surface area (Å²) in [5.41, 5.74) is 5.32. The molecular weight excluding hydrogens is 427 g/mol. The molecule has 2 heterocycles. The van der Waals surface area contributed by atoms with Crippen molar-refractivity contribution in [2.45, 2.75) is 36.8 Å². The van der Waals surface area contributed by atoms with E-state index in [9.17, 15) is 17.6 Å². The fourth-order valence-electron chi connectivity index (χ4n) is 4.27. The molecule has 1 fully saturated rings. The monoisotopic (exact) mass is 450 g/mol. The van der Waals surface area contributed by atoms with Crippen molar-refractivity contribution < 1.29 is 12.8 Å². The third-order valence-electron chi connectivity index (χ3n) is 6.18. The van der Waals surface area contributed by atoms with Gasteiger partial charge in [-0.25, -0.2) is 12.8 Å². The number of nitrogens with zero attached hydrogens (tertiary/aromatic N) is 2. The molecule has 32 heavy (non-hydrogen) atoms. The second-order valence-corrected chi connectivity index (χ2v) is 10.9. The third kappa shape index (κ3) is 3.71. The van der Waals surface area contributed by atoms with E-state index in [0.717, 1.165) is 40.7 Å². The highest BCUT2D eigenvalue weighted by molar-refractivity contribution is 7.91. The minimum absolute atomic E-state index is 0.00930. The number of halogens is 1. The van der Waals surface area contributed by atoms with Crippen molar-refractivity contribution in [3.63, 3.8) is 0 Å². The Morgan fingerprint density at radius 2 is 1.75 bits per heavy atom.